The minimum absolute atomic E-state index is 0.196. The number of ether oxygens (including phenoxy) is 2. The summed E-state index contributed by atoms with van der Waals surface area (Å²) in [5, 5.41) is 0. The second-order valence-electron chi connectivity index (χ2n) is 4.05. The van der Waals surface area contributed by atoms with Crippen LogP contribution >= 0.6 is 0 Å². The number of rotatable bonds is 1. The number of carbonyl (C=O) groups excluding carboxylic acids is 1. The number of methoxy groups -OCH3 is 1. The Morgan fingerprint density at radius 1 is 1.62 bits per heavy atom. The summed E-state index contributed by atoms with van der Waals surface area (Å²) in [4.78, 5) is 11.6. The first-order valence-electron chi connectivity index (χ1n) is 4.48. The molecule has 3 unspecified atom stereocenters. The fourth-order valence-electron chi connectivity index (χ4n) is 2.07. The normalized spacial score (nSPS) is 46.8. The van der Waals surface area contributed by atoms with E-state index in [0.29, 0.717) is 0 Å². The van der Waals surface area contributed by atoms with Gasteiger partial charge in [-0.2, -0.15) is 0 Å². The van der Waals surface area contributed by atoms with E-state index in [1.54, 1.807) is 0 Å². The van der Waals surface area contributed by atoms with Crippen molar-refractivity contribution in [3.63, 3.8) is 0 Å². The third kappa shape index (κ3) is 0.908. The molecule has 0 aromatic rings. The summed E-state index contributed by atoms with van der Waals surface area (Å²) in [6.45, 7) is 3.84. The first-order valence-corrected chi connectivity index (χ1v) is 4.48. The number of fused-ring (bicyclic) bond motifs is 1. The first-order chi connectivity index (χ1) is 6.04. The molecule has 3 atom stereocenters. The number of hydrogen-bond donors (Lipinski definition) is 0. The van der Waals surface area contributed by atoms with Crippen molar-refractivity contribution in [1.82, 2.24) is 0 Å². The highest BCUT2D eigenvalue weighted by atomic mass is 16.6. The summed E-state index contributed by atoms with van der Waals surface area (Å²) in [7, 11) is 1.41. The van der Waals surface area contributed by atoms with Gasteiger partial charge < -0.3 is 9.47 Å². The fourth-order valence-corrected chi connectivity index (χ4v) is 2.07. The van der Waals surface area contributed by atoms with Gasteiger partial charge in [-0.25, -0.2) is 0 Å². The highest BCUT2D eigenvalue weighted by Crippen LogP contribution is 2.55. The van der Waals surface area contributed by atoms with E-state index in [1.807, 2.05) is 26.0 Å². The lowest BCUT2D eigenvalue weighted by molar-refractivity contribution is -0.152. The largest absolute Gasteiger partial charge is 0.468 e. The molecule has 0 spiro atoms. The van der Waals surface area contributed by atoms with Crippen molar-refractivity contribution in [2.24, 2.45) is 5.41 Å². The smallest absolute Gasteiger partial charge is 0.318 e. The van der Waals surface area contributed by atoms with Crippen molar-refractivity contribution in [3.8, 4) is 0 Å². The minimum Gasteiger partial charge on any atom is -0.468 e. The van der Waals surface area contributed by atoms with Crippen LogP contribution in [0.2, 0.25) is 0 Å². The predicted octanol–water partition coefficient (Wildman–Crippen LogP) is 1.28. The molecule has 72 valence electrons. The molecule has 2 rings (SSSR count). The van der Waals surface area contributed by atoms with Gasteiger partial charge in [0.2, 0.25) is 0 Å². The number of epoxide rings is 1. The average Bonchev–Trinajstić information content (AvgIpc) is 2.78. The Morgan fingerprint density at radius 3 is 2.92 bits per heavy atom. The highest BCUT2D eigenvalue weighted by molar-refractivity contribution is 5.81. The van der Waals surface area contributed by atoms with Crippen molar-refractivity contribution in [2.45, 2.75) is 32.0 Å². The molecular weight excluding hydrogens is 168 g/mol. The summed E-state index contributed by atoms with van der Waals surface area (Å²) in [5.74, 6) is -0.214. The number of carbonyl (C=O) groups is 1. The molecule has 13 heavy (non-hydrogen) atoms. The zero-order chi connectivity index (χ0) is 9.69. The Bertz CT molecular complexity index is 284. The molecule has 1 aliphatic heterocycles. The Hall–Kier alpha value is -0.830. The monoisotopic (exact) mass is 182 g/mol. The molecule has 1 heterocycles. The molecule has 0 saturated carbocycles. The van der Waals surface area contributed by atoms with Gasteiger partial charge in [0.25, 0.3) is 0 Å². The van der Waals surface area contributed by atoms with Crippen molar-refractivity contribution in [3.05, 3.63) is 12.2 Å². The van der Waals surface area contributed by atoms with E-state index < -0.39 is 5.41 Å². The van der Waals surface area contributed by atoms with Gasteiger partial charge in [0.05, 0.1) is 13.2 Å². The molecule has 0 amide bonds. The molecule has 0 aromatic heterocycles. The molecule has 3 nitrogen and oxygen atoms in total. The standard InChI is InChI=1S/C10H14O3/c1-9(8(11)12-3)6-4-5-7-10(9,2)13-7/h4,6-7H,5H2,1-3H3. The van der Waals surface area contributed by atoms with Crippen LogP contribution in [0.25, 0.3) is 0 Å². The third-order valence-corrected chi connectivity index (χ3v) is 3.39. The van der Waals surface area contributed by atoms with Crippen LogP contribution in [0, 0.1) is 5.41 Å². The van der Waals surface area contributed by atoms with Crippen LogP contribution < -0.4 is 0 Å². The SMILES string of the molecule is COC(=O)C1(C)C=CCC2OC21C. The lowest BCUT2D eigenvalue weighted by atomic mass is 9.72. The van der Waals surface area contributed by atoms with E-state index in [2.05, 4.69) is 0 Å². The predicted molar refractivity (Wildman–Crippen MR) is 47.2 cm³/mol. The maximum absolute atomic E-state index is 11.6. The molecule has 1 fully saturated rings. The molecule has 1 aliphatic carbocycles. The van der Waals surface area contributed by atoms with Gasteiger partial charge in [0.15, 0.2) is 0 Å². The van der Waals surface area contributed by atoms with E-state index in [9.17, 15) is 4.79 Å². The van der Waals surface area contributed by atoms with Crippen LogP contribution in [-0.4, -0.2) is 24.8 Å². The van der Waals surface area contributed by atoms with Crippen LogP contribution in [0.5, 0.6) is 0 Å². The van der Waals surface area contributed by atoms with Crippen molar-refractivity contribution < 1.29 is 14.3 Å². The van der Waals surface area contributed by atoms with Gasteiger partial charge in [-0.05, 0) is 20.3 Å². The van der Waals surface area contributed by atoms with Gasteiger partial charge in [0, 0.05) is 0 Å². The van der Waals surface area contributed by atoms with Crippen molar-refractivity contribution >= 4 is 5.97 Å². The second-order valence-corrected chi connectivity index (χ2v) is 4.05. The summed E-state index contributed by atoms with van der Waals surface area (Å²) >= 11 is 0. The molecular formula is C10H14O3. The van der Waals surface area contributed by atoms with Crippen LogP contribution in [0.1, 0.15) is 20.3 Å². The molecule has 0 N–H and O–H groups in total. The van der Waals surface area contributed by atoms with E-state index in [4.69, 9.17) is 9.47 Å². The van der Waals surface area contributed by atoms with Crippen molar-refractivity contribution in [2.75, 3.05) is 7.11 Å². The maximum Gasteiger partial charge on any atom is 0.318 e. The van der Waals surface area contributed by atoms with E-state index in [1.165, 1.54) is 7.11 Å². The molecule has 1 saturated heterocycles. The summed E-state index contributed by atoms with van der Waals surface area (Å²) in [6, 6.07) is 0. The van der Waals surface area contributed by atoms with Crippen LogP contribution in [0.3, 0.4) is 0 Å². The first kappa shape index (κ1) is 8.75. The second kappa shape index (κ2) is 2.35. The molecule has 0 radical (unpaired) electrons. The molecule has 2 aliphatic rings. The number of hydrogen-bond acceptors (Lipinski definition) is 3. The summed E-state index contributed by atoms with van der Waals surface area (Å²) < 4.78 is 10.3. The van der Waals surface area contributed by atoms with Crippen LogP contribution in [0.4, 0.5) is 0 Å². The van der Waals surface area contributed by atoms with Gasteiger partial charge in [-0.1, -0.05) is 12.2 Å². The zero-order valence-electron chi connectivity index (χ0n) is 8.16. The zero-order valence-corrected chi connectivity index (χ0v) is 8.16. The maximum atomic E-state index is 11.6. The van der Waals surface area contributed by atoms with E-state index in [0.717, 1.165) is 6.42 Å². The lowest BCUT2D eigenvalue weighted by Gasteiger charge is -2.29. The van der Waals surface area contributed by atoms with E-state index >= 15 is 0 Å². The van der Waals surface area contributed by atoms with Gasteiger partial charge in [-0.3, -0.25) is 4.79 Å². The molecule has 0 aromatic carbocycles. The quantitative estimate of drug-likeness (QED) is 0.348. The van der Waals surface area contributed by atoms with Gasteiger partial charge >= 0.3 is 5.97 Å². The fraction of sp³-hybridized carbons (Fsp3) is 0.700. The van der Waals surface area contributed by atoms with Gasteiger partial charge in [-0.15, -0.1) is 0 Å². The Morgan fingerprint density at radius 2 is 2.31 bits per heavy atom. The van der Waals surface area contributed by atoms with E-state index in [-0.39, 0.29) is 17.7 Å². The Labute approximate surface area is 77.7 Å². The molecule has 0 bridgehead atoms. The lowest BCUT2D eigenvalue weighted by Crippen LogP contribution is -2.43. The minimum atomic E-state index is -0.606. The summed E-state index contributed by atoms with van der Waals surface area (Å²) in [6.07, 6.45) is 5.00. The van der Waals surface area contributed by atoms with Gasteiger partial charge in [0.1, 0.15) is 11.0 Å². The Balaban J connectivity index is 2.35. The average molecular weight is 182 g/mol. The topological polar surface area (TPSA) is 38.8 Å². The molecule has 3 heteroatoms. The Kier molecular flexibility index (Phi) is 1.58. The third-order valence-electron chi connectivity index (χ3n) is 3.39. The van der Waals surface area contributed by atoms with Crippen LogP contribution in [-0.2, 0) is 14.3 Å². The van der Waals surface area contributed by atoms with Crippen molar-refractivity contribution in [1.29, 1.82) is 0 Å². The number of esters is 1. The van der Waals surface area contributed by atoms with Crippen LogP contribution in [0.15, 0.2) is 12.2 Å². The summed E-state index contributed by atoms with van der Waals surface area (Å²) in [5.41, 5.74) is -0.945. The highest BCUT2D eigenvalue weighted by Gasteiger charge is 2.67.